The highest BCUT2D eigenvalue weighted by Crippen LogP contribution is 2.21. The number of piperidine rings is 1. The Kier molecular flexibility index (Phi) is 6.95. The molecule has 0 aliphatic carbocycles. The molecule has 1 aromatic carbocycles. The molecule has 7 nitrogen and oxygen atoms in total. The number of aliphatic carboxylic acids is 1. The van der Waals surface area contributed by atoms with Gasteiger partial charge < -0.3 is 10.4 Å². The van der Waals surface area contributed by atoms with Crippen LogP contribution in [0, 0.1) is 5.92 Å². The molecule has 2 rings (SSSR count). The summed E-state index contributed by atoms with van der Waals surface area (Å²) in [6.45, 7) is 0.899. The lowest BCUT2D eigenvalue weighted by molar-refractivity contribution is -0.137. The van der Waals surface area contributed by atoms with Gasteiger partial charge in [-0.25, -0.2) is 12.7 Å². The molecule has 0 bridgehead atoms. The van der Waals surface area contributed by atoms with Gasteiger partial charge in [-0.2, -0.15) is 0 Å². The summed E-state index contributed by atoms with van der Waals surface area (Å²) in [5, 5.41) is 11.3. The SMILES string of the molecule is O=C(O)CCCNC(=O)C1CCCN(S(=O)(=O)Cc2ccccc2)C1. The summed E-state index contributed by atoms with van der Waals surface area (Å²) in [5.74, 6) is -1.56. The van der Waals surface area contributed by atoms with Crippen molar-refractivity contribution in [2.75, 3.05) is 19.6 Å². The van der Waals surface area contributed by atoms with E-state index in [4.69, 9.17) is 5.11 Å². The van der Waals surface area contributed by atoms with E-state index < -0.39 is 16.0 Å². The van der Waals surface area contributed by atoms with Crippen molar-refractivity contribution in [3.63, 3.8) is 0 Å². The quantitative estimate of drug-likeness (QED) is 0.671. The summed E-state index contributed by atoms with van der Waals surface area (Å²) in [6, 6.07) is 8.98. The molecule has 0 radical (unpaired) electrons. The van der Waals surface area contributed by atoms with E-state index in [1.165, 1.54) is 4.31 Å². The first-order chi connectivity index (χ1) is 11.9. The van der Waals surface area contributed by atoms with Gasteiger partial charge >= 0.3 is 5.97 Å². The molecule has 1 amide bonds. The van der Waals surface area contributed by atoms with Crippen molar-refractivity contribution < 1.29 is 23.1 Å². The molecule has 0 aromatic heterocycles. The van der Waals surface area contributed by atoms with Gasteiger partial charge in [0.25, 0.3) is 0 Å². The summed E-state index contributed by atoms with van der Waals surface area (Å²) >= 11 is 0. The number of rotatable bonds is 8. The van der Waals surface area contributed by atoms with E-state index in [1.807, 2.05) is 6.07 Å². The third-order valence-corrected chi connectivity index (χ3v) is 6.02. The molecule has 2 N–H and O–H groups in total. The van der Waals surface area contributed by atoms with Crippen LogP contribution in [0.1, 0.15) is 31.2 Å². The summed E-state index contributed by atoms with van der Waals surface area (Å²) in [5.41, 5.74) is 0.725. The number of carbonyl (C=O) groups excluding carboxylic acids is 1. The number of nitrogens with one attached hydrogen (secondary N) is 1. The number of hydrogen-bond donors (Lipinski definition) is 2. The van der Waals surface area contributed by atoms with Crippen molar-refractivity contribution in [2.45, 2.75) is 31.4 Å². The van der Waals surface area contributed by atoms with Crippen LogP contribution < -0.4 is 5.32 Å². The third kappa shape index (κ3) is 6.13. The monoisotopic (exact) mass is 368 g/mol. The Balaban J connectivity index is 1.88. The lowest BCUT2D eigenvalue weighted by Crippen LogP contribution is -2.45. The minimum Gasteiger partial charge on any atom is -0.481 e. The van der Waals surface area contributed by atoms with Gasteiger partial charge in [-0.05, 0) is 24.8 Å². The van der Waals surface area contributed by atoms with E-state index in [2.05, 4.69) is 5.32 Å². The first kappa shape index (κ1) is 19.4. The average Bonchev–Trinajstić information content (AvgIpc) is 2.59. The standard InChI is InChI=1S/C17H24N2O5S/c20-16(21)9-4-10-18-17(22)15-8-5-11-19(12-15)25(23,24)13-14-6-2-1-3-7-14/h1-3,6-7,15H,4-5,8-13H2,(H,18,22)(H,20,21). The van der Waals surface area contributed by atoms with Gasteiger partial charge in [-0.1, -0.05) is 30.3 Å². The highest BCUT2D eigenvalue weighted by Gasteiger charge is 2.32. The number of carbonyl (C=O) groups is 2. The molecular formula is C17H24N2O5S. The van der Waals surface area contributed by atoms with Crippen LogP contribution in [0.4, 0.5) is 0 Å². The zero-order chi connectivity index (χ0) is 18.3. The highest BCUT2D eigenvalue weighted by atomic mass is 32.2. The third-order valence-electron chi connectivity index (χ3n) is 4.21. The number of amides is 1. The molecule has 8 heteroatoms. The predicted octanol–water partition coefficient (Wildman–Crippen LogP) is 1.21. The number of sulfonamides is 1. The van der Waals surface area contributed by atoms with E-state index in [-0.39, 0.29) is 30.5 Å². The molecule has 1 fully saturated rings. The van der Waals surface area contributed by atoms with Crippen LogP contribution in [0.25, 0.3) is 0 Å². The summed E-state index contributed by atoms with van der Waals surface area (Å²) in [6.07, 6.45) is 1.65. The minimum absolute atomic E-state index is 0.00251. The highest BCUT2D eigenvalue weighted by molar-refractivity contribution is 7.88. The number of carboxylic acids is 1. The fourth-order valence-corrected chi connectivity index (χ4v) is 4.49. The first-order valence-electron chi connectivity index (χ1n) is 8.40. The van der Waals surface area contributed by atoms with Gasteiger partial charge in [-0.15, -0.1) is 0 Å². The van der Waals surface area contributed by atoms with E-state index in [1.54, 1.807) is 24.3 Å². The van der Waals surface area contributed by atoms with Gasteiger partial charge in [0.1, 0.15) is 0 Å². The van der Waals surface area contributed by atoms with Crippen molar-refractivity contribution in [1.29, 1.82) is 0 Å². The molecule has 138 valence electrons. The van der Waals surface area contributed by atoms with Crippen molar-refractivity contribution in [3.05, 3.63) is 35.9 Å². The van der Waals surface area contributed by atoms with Gasteiger partial charge in [0.15, 0.2) is 0 Å². The van der Waals surface area contributed by atoms with Crippen molar-refractivity contribution in [1.82, 2.24) is 9.62 Å². The topological polar surface area (TPSA) is 104 Å². The van der Waals surface area contributed by atoms with Crippen LogP contribution in [0.15, 0.2) is 30.3 Å². The van der Waals surface area contributed by atoms with E-state index in [0.29, 0.717) is 32.4 Å². The van der Waals surface area contributed by atoms with Gasteiger partial charge in [-0.3, -0.25) is 9.59 Å². The fourth-order valence-electron chi connectivity index (χ4n) is 2.88. The Morgan fingerprint density at radius 3 is 2.64 bits per heavy atom. The molecule has 1 unspecified atom stereocenters. The fraction of sp³-hybridized carbons (Fsp3) is 0.529. The molecule has 0 saturated carbocycles. The van der Waals surface area contributed by atoms with E-state index in [9.17, 15) is 18.0 Å². The number of hydrogen-bond acceptors (Lipinski definition) is 4. The Hall–Kier alpha value is -1.93. The van der Waals surface area contributed by atoms with E-state index in [0.717, 1.165) is 5.56 Å². The Morgan fingerprint density at radius 1 is 1.24 bits per heavy atom. The molecule has 1 saturated heterocycles. The van der Waals surface area contributed by atoms with Crippen molar-refractivity contribution >= 4 is 21.9 Å². The number of nitrogens with zero attached hydrogens (tertiary/aromatic N) is 1. The number of carboxylic acid groups (broad SMARTS) is 1. The molecule has 1 heterocycles. The van der Waals surface area contributed by atoms with Crippen LogP contribution in [-0.4, -0.2) is 49.3 Å². The summed E-state index contributed by atoms with van der Waals surface area (Å²) in [4.78, 5) is 22.7. The zero-order valence-electron chi connectivity index (χ0n) is 14.1. The van der Waals surface area contributed by atoms with Crippen LogP contribution in [0.2, 0.25) is 0 Å². The van der Waals surface area contributed by atoms with Gasteiger partial charge in [0.2, 0.25) is 15.9 Å². The maximum atomic E-state index is 12.6. The van der Waals surface area contributed by atoms with Crippen LogP contribution in [-0.2, 0) is 25.4 Å². The molecule has 1 aromatic rings. The number of benzene rings is 1. The second-order valence-corrected chi connectivity index (χ2v) is 8.20. The Bertz CT molecular complexity index is 690. The maximum Gasteiger partial charge on any atom is 0.303 e. The van der Waals surface area contributed by atoms with Crippen molar-refractivity contribution in [2.24, 2.45) is 5.92 Å². The molecule has 25 heavy (non-hydrogen) atoms. The molecule has 1 atom stereocenters. The largest absolute Gasteiger partial charge is 0.481 e. The summed E-state index contributed by atoms with van der Waals surface area (Å²) in [7, 11) is -3.46. The zero-order valence-corrected chi connectivity index (χ0v) is 14.9. The lowest BCUT2D eigenvalue weighted by atomic mass is 9.99. The van der Waals surface area contributed by atoms with Gasteiger partial charge in [0, 0.05) is 26.1 Å². The lowest BCUT2D eigenvalue weighted by Gasteiger charge is -2.31. The predicted molar refractivity (Wildman–Crippen MR) is 93.2 cm³/mol. The van der Waals surface area contributed by atoms with Crippen LogP contribution in [0.5, 0.6) is 0 Å². The normalized spacial score (nSPS) is 18.6. The smallest absolute Gasteiger partial charge is 0.303 e. The molecule has 1 aliphatic heterocycles. The van der Waals surface area contributed by atoms with Crippen LogP contribution in [0.3, 0.4) is 0 Å². The molecule has 0 spiro atoms. The second kappa shape index (κ2) is 8.96. The molecular weight excluding hydrogens is 344 g/mol. The van der Waals surface area contributed by atoms with Gasteiger partial charge in [0.05, 0.1) is 11.7 Å². The average molecular weight is 368 g/mol. The minimum atomic E-state index is -3.46. The second-order valence-electron chi connectivity index (χ2n) is 6.23. The Morgan fingerprint density at radius 2 is 1.96 bits per heavy atom. The molecule has 1 aliphatic rings. The van der Waals surface area contributed by atoms with Crippen molar-refractivity contribution in [3.8, 4) is 0 Å². The summed E-state index contributed by atoms with van der Waals surface area (Å²) < 4.78 is 26.6. The maximum absolute atomic E-state index is 12.6. The first-order valence-corrected chi connectivity index (χ1v) is 10.0. The van der Waals surface area contributed by atoms with E-state index >= 15 is 0 Å². The van der Waals surface area contributed by atoms with Crippen LogP contribution >= 0.6 is 0 Å². The Labute approximate surface area is 148 Å².